The predicted molar refractivity (Wildman–Crippen MR) is 120 cm³/mol. The van der Waals surface area contributed by atoms with E-state index in [0.29, 0.717) is 0 Å². The second-order valence-electron chi connectivity index (χ2n) is 7.72. The molecule has 0 N–H and O–H groups in total. The number of fused-ring (bicyclic) bond motifs is 2. The lowest BCUT2D eigenvalue weighted by atomic mass is 9.95. The van der Waals surface area contributed by atoms with Crippen LogP contribution in [0.3, 0.4) is 0 Å². The SMILES string of the molecule is c1cc2c3cc1CCCSSCCCOc1ccc4c(c1)/C(=C\3CC2)CC4. The number of hydrogen-bond acceptors (Lipinski definition) is 3. The zero-order chi connectivity index (χ0) is 18.1. The van der Waals surface area contributed by atoms with Crippen molar-refractivity contribution >= 4 is 32.7 Å². The first-order chi connectivity index (χ1) is 13.4. The maximum Gasteiger partial charge on any atom is 0.119 e. The largest absolute Gasteiger partial charge is 0.494 e. The summed E-state index contributed by atoms with van der Waals surface area (Å²) in [6.45, 7) is 0.823. The van der Waals surface area contributed by atoms with E-state index >= 15 is 0 Å². The van der Waals surface area contributed by atoms with Crippen LogP contribution in [0, 0.1) is 0 Å². The van der Waals surface area contributed by atoms with Gasteiger partial charge in [0, 0.05) is 11.5 Å². The maximum atomic E-state index is 6.08. The lowest BCUT2D eigenvalue weighted by Gasteiger charge is -2.12. The summed E-state index contributed by atoms with van der Waals surface area (Å²) < 4.78 is 6.08. The Morgan fingerprint density at radius 1 is 0.667 bits per heavy atom. The molecule has 1 heterocycles. The summed E-state index contributed by atoms with van der Waals surface area (Å²) in [5.41, 5.74) is 10.7. The molecule has 140 valence electrons. The Morgan fingerprint density at radius 3 is 2.19 bits per heavy atom. The van der Waals surface area contributed by atoms with Gasteiger partial charge in [-0.15, -0.1) is 0 Å². The van der Waals surface area contributed by atoms with Gasteiger partial charge in [0.15, 0.2) is 0 Å². The normalized spacial score (nSPS) is 22.4. The van der Waals surface area contributed by atoms with Crippen molar-refractivity contribution in [2.24, 2.45) is 0 Å². The Bertz CT molecular complexity index is 812. The molecule has 0 spiro atoms. The first-order valence-electron chi connectivity index (χ1n) is 10.2. The number of rotatable bonds is 0. The van der Waals surface area contributed by atoms with Crippen molar-refractivity contribution in [3.8, 4) is 5.75 Å². The Kier molecular flexibility index (Phi) is 5.24. The molecule has 0 atom stereocenters. The van der Waals surface area contributed by atoms with E-state index in [9.17, 15) is 0 Å². The van der Waals surface area contributed by atoms with Crippen LogP contribution in [0.15, 0.2) is 36.4 Å². The van der Waals surface area contributed by atoms with Gasteiger partial charge in [0.05, 0.1) is 6.61 Å². The van der Waals surface area contributed by atoms with Crippen LogP contribution >= 0.6 is 21.6 Å². The monoisotopic (exact) mass is 394 g/mol. The average molecular weight is 395 g/mol. The minimum atomic E-state index is 0.823. The standard InChI is InChI=1S/C24H26OS2/c1-3-17-4-5-18-7-10-21(23(18)15-17)22-11-8-19-6-9-20(16-24(19)22)25-12-2-14-27-26-13-1/h4-6,9,15-16H,1-3,7-8,10-14H2/b22-21-. The molecule has 2 aromatic carbocycles. The van der Waals surface area contributed by atoms with Crippen molar-refractivity contribution in [3.05, 3.63) is 64.2 Å². The van der Waals surface area contributed by atoms with Gasteiger partial charge in [-0.3, -0.25) is 0 Å². The fourth-order valence-corrected chi connectivity index (χ4v) is 6.75. The molecule has 0 unspecified atom stereocenters. The molecule has 3 heteroatoms. The van der Waals surface area contributed by atoms with Crippen molar-refractivity contribution in [3.63, 3.8) is 0 Å². The van der Waals surface area contributed by atoms with Crippen LogP contribution in [-0.4, -0.2) is 18.1 Å². The van der Waals surface area contributed by atoms with Gasteiger partial charge in [0.25, 0.3) is 0 Å². The smallest absolute Gasteiger partial charge is 0.119 e. The van der Waals surface area contributed by atoms with Gasteiger partial charge in [-0.2, -0.15) is 0 Å². The lowest BCUT2D eigenvalue weighted by Crippen LogP contribution is -1.99. The minimum absolute atomic E-state index is 0.823. The van der Waals surface area contributed by atoms with Crippen LogP contribution in [0.25, 0.3) is 11.1 Å². The highest BCUT2D eigenvalue weighted by atomic mass is 33.1. The van der Waals surface area contributed by atoms with Gasteiger partial charge in [-0.1, -0.05) is 45.9 Å². The van der Waals surface area contributed by atoms with Gasteiger partial charge < -0.3 is 4.74 Å². The molecule has 5 rings (SSSR count). The van der Waals surface area contributed by atoms with Crippen LogP contribution < -0.4 is 4.74 Å². The van der Waals surface area contributed by atoms with Crippen molar-refractivity contribution in [2.45, 2.75) is 44.9 Å². The summed E-state index contributed by atoms with van der Waals surface area (Å²) in [5.74, 6) is 3.45. The quantitative estimate of drug-likeness (QED) is 0.467. The molecule has 3 aliphatic rings. The van der Waals surface area contributed by atoms with Gasteiger partial charge in [0.2, 0.25) is 0 Å². The zero-order valence-electron chi connectivity index (χ0n) is 15.8. The maximum absolute atomic E-state index is 6.08. The lowest BCUT2D eigenvalue weighted by molar-refractivity contribution is 0.318. The fourth-order valence-electron chi connectivity index (χ4n) is 4.60. The highest BCUT2D eigenvalue weighted by Crippen LogP contribution is 2.45. The molecular weight excluding hydrogens is 368 g/mol. The molecule has 0 amide bonds. The van der Waals surface area contributed by atoms with E-state index in [1.165, 1.54) is 72.3 Å². The van der Waals surface area contributed by atoms with E-state index in [4.69, 9.17) is 4.74 Å². The van der Waals surface area contributed by atoms with Crippen molar-refractivity contribution < 1.29 is 4.74 Å². The van der Waals surface area contributed by atoms with Crippen molar-refractivity contribution in [1.29, 1.82) is 0 Å². The third-order valence-corrected chi connectivity index (χ3v) is 8.55. The highest BCUT2D eigenvalue weighted by Gasteiger charge is 2.25. The number of benzene rings is 2. The molecule has 0 saturated heterocycles. The van der Waals surface area contributed by atoms with E-state index in [1.54, 1.807) is 16.7 Å². The minimum Gasteiger partial charge on any atom is -0.494 e. The molecule has 0 saturated carbocycles. The van der Waals surface area contributed by atoms with Crippen LogP contribution in [0.5, 0.6) is 5.75 Å². The van der Waals surface area contributed by atoms with E-state index in [-0.39, 0.29) is 0 Å². The molecular formula is C24H26OS2. The van der Waals surface area contributed by atoms with Crippen molar-refractivity contribution in [1.82, 2.24) is 0 Å². The summed E-state index contributed by atoms with van der Waals surface area (Å²) in [6.07, 6.45) is 8.35. The first kappa shape index (κ1) is 17.8. The fraction of sp³-hybridized carbons (Fsp3) is 0.417. The van der Waals surface area contributed by atoms with E-state index in [0.717, 1.165) is 18.8 Å². The number of aryl methyl sites for hydroxylation is 3. The van der Waals surface area contributed by atoms with Crippen molar-refractivity contribution in [2.75, 3.05) is 18.1 Å². The summed E-state index contributed by atoms with van der Waals surface area (Å²) in [6, 6.07) is 14.0. The highest BCUT2D eigenvalue weighted by molar-refractivity contribution is 8.76. The summed E-state index contributed by atoms with van der Waals surface area (Å²) in [5, 5.41) is 0. The number of allylic oxidation sites excluding steroid dienone is 2. The predicted octanol–water partition coefficient (Wildman–Crippen LogP) is 6.59. The average Bonchev–Trinajstić information content (AvgIpc) is 3.29. The molecule has 27 heavy (non-hydrogen) atoms. The third-order valence-electron chi connectivity index (χ3n) is 5.98. The van der Waals surface area contributed by atoms with Gasteiger partial charge in [-0.25, -0.2) is 0 Å². The van der Waals surface area contributed by atoms with E-state index in [1.807, 2.05) is 21.6 Å². The second-order valence-corrected chi connectivity index (χ2v) is 10.4. The van der Waals surface area contributed by atoms with E-state index < -0.39 is 0 Å². The summed E-state index contributed by atoms with van der Waals surface area (Å²) >= 11 is 0. The van der Waals surface area contributed by atoms with Crippen LogP contribution in [0.2, 0.25) is 0 Å². The second kappa shape index (κ2) is 7.97. The molecule has 1 nitrogen and oxygen atoms in total. The van der Waals surface area contributed by atoms with Crippen LogP contribution in [-0.2, 0) is 19.3 Å². The first-order valence-corrected chi connectivity index (χ1v) is 12.7. The van der Waals surface area contributed by atoms with Gasteiger partial charge >= 0.3 is 0 Å². The molecule has 0 fully saturated rings. The summed E-state index contributed by atoms with van der Waals surface area (Å²) in [7, 11) is 4.01. The number of hydrogen-bond donors (Lipinski definition) is 0. The third kappa shape index (κ3) is 3.69. The number of ether oxygens (including phenoxy) is 1. The molecule has 2 aromatic rings. The van der Waals surface area contributed by atoms with Crippen LogP contribution in [0.1, 0.15) is 53.5 Å². The molecule has 4 bridgehead atoms. The summed E-state index contributed by atoms with van der Waals surface area (Å²) in [4.78, 5) is 0. The zero-order valence-corrected chi connectivity index (χ0v) is 17.4. The molecule has 2 aliphatic carbocycles. The molecule has 0 radical (unpaired) electrons. The van der Waals surface area contributed by atoms with Gasteiger partial charge in [-0.05, 0) is 96.0 Å². The van der Waals surface area contributed by atoms with E-state index in [2.05, 4.69) is 36.4 Å². The molecule has 1 aliphatic heterocycles. The Hall–Kier alpha value is -1.32. The van der Waals surface area contributed by atoms with Gasteiger partial charge in [0.1, 0.15) is 5.75 Å². The Balaban J connectivity index is 1.56. The Labute approximate surface area is 170 Å². The molecule has 0 aromatic heterocycles. The van der Waals surface area contributed by atoms with Crippen LogP contribution in [0.4, 0.5) is 0 Å². The Morgan fingerprint density at radius 2 is 1.37 bits per heavy atom. The topological polar surface area (TPSA) is 9.23 Å².